The molecular weight excluding hydrogens is 226 g/mol. The minimum atomic E-state index is -0.405. The number of hydrogen-bond acceptors (Lipinski definition) is 3. The van der Waals surface area contributed by atoms with Gasteiger partial charge in [0.1, 0.15) is 5.60 Å². The lowest BCUT2D eigenvalue weighted by Crippen LogP contribution is -2.66. The Morgan fingerprint density at radius 2 is 1.72 bits per heavy atom. The molecule has 0 spiro atoms. The maximum Gasteiger partial charge on any atom is 0.303 e. The van der Waals surface area contributed by atoms with Crippen molar-refractivity contribution in [3.05, 3.63) is 0 Å². The number of carbonyl (C=O) groups is 1. The minimum absolute atomic E-state index is 0.167. The maximum absolute atomic E-state index is 11.6. The fourth-order valence-electron chi connectivity index (χ4n) is 4.12. The van der Waals surface area contributed by atoms with E-state index in [9.17, 15) is 4.79 Å². The zero-order valence-electron chi connectivity index (χ0n) is 11.8. The molecular formula is C15H27NO2. The van der Waals surface area contributed by atoms with Crippen LogP contribution in [0.2, 0.25) is 0 Å². The lowest BCUT2D eigenvalue weighted by Gasteiger charge is -2.53. The summed E-state index contributed by atoms with van der Waals surface area (Å²) in [5, 5.41) is 0. The SMILES string of the molecule is CC(=O)OC1(C2CCCCC2)CCCCC1(C)N. The highest BCUT2D eigenvalue weighted by Crippen LogP contribution is 2.48. The van der Waals surface area contributed by atoms with Crippen LogP contribution in [0, 0.1) is 5.92 Å². The molecule has 2 aliphatic carbocycles. The average molecular weight is 253 g/mol. The van der Waals surface area contributed by atoms with Gasteiger partial charge in [0.15, 0.2) is 0 Å². The molecule has 0 aliphatic heterocycles. The third-order valence-electron chi connectivity index (χ3n) is 5.05. The standard InChI is InChI=1S/C15H27NO2/c1-12(17)18-15(13-8-4-3-5-9-13)11-7-6-10-14(15,2)16/h13H,3-11,16H2,1-2H3. The molecule has 18 heavy (non-hydrogen) atoms. The van der Waals surface area contributed by atoms with E-state index in [1.807, 2.05) is 0 Å². The summed E-state index contributed by atoms with van der Waals surface area (Å²) >= 11 is 0. The molecule has 2 N–H and O–H groups in total. The van der Waals surface area contributed by atoms with Gasteiger partial charge in [-0.2, -0.15) is 0 Å². The lowest BCUT2D eigenvalue weighted by atomic mass is 9.61. The highest BCUT2D eigenvalue weighted by Gasteiger charge is 2.54. The van der Waals surface area contributed by atoms with Gasteiger partial charge < -0.3 is 10.5 Å². The van der Waals surface area contributed by atoms with Crippen molar-refractivity contribution < 1.29 is 9.53 Å². The highest BCUT2D eigenvalue weighted by molar-refractivity contribution is 5.67. The van der Waals surface area contributed by atoms with Crippen molar-refractivity contribution in [1.29, 1.82) is 0 Å². The van der Waals surface area contributed by atoms with E-state index in [1.54, 1.807) is 0 Å². The summed E-state index contributed by atoms with van der Waals surface area (Å²) in [6.07, 6.45) is 10.4. The van der Waals surface area contributed by atoms with Crippen molar-refractivity contribution in [3.8, 4) is 0 Å². The Morgan fingerprint density at radius 3 is 2.28 bits per heavy atom. The van der Waals surface area contributed by atoms with Gasteiger partial charge in [-0.05, 0) is 39.0 Å². The van der Waals surface area contributed by atoms with Gasteiger partial charge in [-0.15, -0.1) is 0 Å². The predicted molar refractivity (Wildman–Crippen MR) is 72.1 cm³/mol. The average Bonchev–Trinajstić information content (AvgIpc) is 2.32. The van der Waals surface area contributed by atoms with Crippen LogP contribution in [0.15, 0.2) is 0 Å². The largest absolute Gasteiger partial charge is 0.457 e. The molecule has 2 fully saturated rings. The van der Waals surface area contributed by atoms with Gasteiger partial charge in [-0.25, -0.2) is 0 Å². The Bertz CT molecular complexity index is 308. The van der Waals surface area contributed by atoms with Crippen molar-refractivity contribution in [1.82, 2.24) is 0 Å². The fraction of sp³-hybridized carbons (Fsp3) is 0.933. The summed E-state index contributed by atoms with van der Waals surface area (Å²) in [4.78, 5) is 11.6. The molecule has 0 aromatic heterocycles. The molecule has 0 amide bonds. The van der Waals surface area contributed by atoms with Crippen LogP contribution in [0.5, 0.6) is 0 Å². The Hall–Kier alpha value is -0.570. The van der Waals surface area contributed by atoms with Gasteiger partial charge in [0, 0.05) is 12.8 Å². The molecule has 2 atom stereocenters. The summed E-state index contributed by atoms with van der Waals surface area (Å²) in [5.41, 5.74) is 5.79. The minimum Gasteiger partial charge on any atom is -0.457 e. The molecule has 3 nitrogen and oxygen atoms in total. The quantitative estimate of drug-likeness (QED) is 0.769. The first-order valence-corrected chi connectivity index (χ1v) is 7.46. The molecule has 104 valence electrons. The van der Waals surface area contributed by atoms with Gasteiger partial charge >= 0.3 is 5.97 Å². The Kier molecular flexibility index (Phi) is 4.00. The Morgan fingerprint density at radius 1 is 1.11 bits per heavy atom. The summed E-state index contributed by atoms with van der Waals surface area (Å²) in [7, 11) is 0. The number of nitrogens with two attached hydrogens (primary N) is 1. The zero-order chi connectivity index (χ0) is 13.2. The molecule has 0 radical (unpaired) electrons. The van der Waals surface area contributed by atoms with Crippen molar-refractivity contribution in [2.24, 2.45) is 11.7 Å². The van der Waals surface area contributed by atoms with E-state index < -0.39 is 5.60 Å². The van der Waals surface area contributed by atoms with Crippen LogP contribution < -0.4 is 5.73 Å². The number of esters is 1. The normalized spacial score (nSPS) is 38.4. The third-order valence-corrected chi connectivity index (χ3v) is 5.05. The van der Waals surface area contributed by atoms with E-state index in [2.05, 4.69) is 6.92 Å². The van der Waals surface area contributed by atoms with Crippen molar-refractivity contribution >= 4 is 5.97 Å². The third kappa shape index (κ3) is 2.42. The van der Waals surface area contributed by atoms with E-state index in [-0.39, 0.29) is 11.5 Å². The second kappa shape index (κ2) is 5.20. The zero-order valence-corrected chi connectivity index (χ0v) is 11.8. The van der Waals surface area contributed by atoms with Crippen molar-refractivity contribution in [3.63, 3.8) is 0 Å². The van der Waals surface area contributed by atoms with E-state index in [4.69, 9.17) is 10.5 Å². The molecule has 3 heteroatoms. The molecule has 0 aromatic rings. The van der Waals surface area contributed by atoms with Crippen molar-refractivity contribution in [2.75, 3.05) is 0 Å². The number of rotatable bonds is 2. The van der Waals surface area contributed by atoms with Crippen LogP contribution in [0.4, 0.5) is 0 Å². The second-order valence-corrected chi connectivity index (χ2v) is 6.44. The molecule has 2 rings (SSSR count). The summed E-state index contributed by atoms with van der Waals surface area (Å²) in [6.45, 7) is 3.61. The summed E-state index contributed by atoms with van der Waals surface area (Å²) in [6, 6.07) is 0. The molecule has 2 unspecified atom stereocenters. The molecule has 0 saturated heterocycles. The predicted octanol–water partition coefficient (Wildman–Crippen LogP) is 3.16. The smallest absolute Gasteiger partial charge is 0.303 e. The molecule has 0 bridgehead atoms. The van der Waals surface area contributed by atoms with E-state index in [1.165, 1.54) is 39.0 Å². The maximum atomic E-state index is 11.6. The molecule has 0 heterocycles. The summed E-state index contributed by atoms with van der Waals surface area (Å²) < 4.78 is 5.87. The highest BCUT2D eigenvalue weighted by atomic mass is 16.6. The Balaban J connectivity index is 2.28. The van der Waals surface area contributed by atoms with E-state index in [0.717, 1.165) is 25.7 Å². The van der Waals surface area contributed by atoms with Crippen LogP contribution in [0.25, 0.3) is 0 Å². The van der Waals surface area contributed by atoms with Crippen LogP contribution in [-0.4, -0.2) is 17.1 Å². The topological polar surface area (TPSA) is 52.3 Å². The monoisotopic (exact) mass is 253 g/mol. The van der Waals surface area contributed by atoms with Crippen molar-refractivity contribution in [2.45, 2.75) is 82.8 Å². The molecule has 2 saturated carbocycles. The fourth-order valence-corrected chi connectivity index (χ4v) is 4.12. The van der Waals surface area contributed by atoms with Crippen LogP contribution >= 0.6 is 0 Å². The van der Waals surface area contributed by atoms with Gasteiger partial charge in [-0.3, -0.25) is 4.79 Å². The number of carbonyl (C=O) groups excluding carboxylic acids is 1. The Labute approximate surface area is 110 Å². The number of hydrogen-bond donors (Lipinski definition) is 1. The van der Waals surface area contributed by atoms with E-state index in [0.29, 0.717) is 5.92 Å². The van der Waals surface area contributed by atoms with Gasteiger partial charge in [0.05, 0.1) is 5.54 Å². The second-order valence-electron chi connectivity index (χ2n) is 6.44. The summed E-state index contributed by atoms with van der Waals surface area (Å²) in [5.74, 6) is 0.296. The molecule has 0 aromatic carbocycles. The van der Waals surface area contributed by atoms with Crippen LogP contribution in [0.3, 0.4) is 0 Å². The van der Waals surface area contributed by atoms with Gasteiger partial charge in [-0.1, -0.05) is 25.7 Å². The van der Waals surface area contributed by atoms with Crippen LogP contribution in [0.1, 0.15) is 71.6 Å². The van der Waals surface area contributed by atoms with Gasteiger partial charge in [0.2, 0.25) is 0 Å². The number of ether oxygens (including phenoxy) is 1. The van der Waals surface area contributed by atoms with Crippen LogP contribution in [-0.2, 0) is 9.53 Å². The lowest BCUT2D eigenvalue weighted by molar-refractivity contribution is -0.184. The first kappa shape index (κ1) is 13.9. The van der Waals surface area contributed by atoms with Gasteiger partial charge in [0.25, 0.3) is 0 Å². The first-order valence-electron chi connectivity index (χ1n) is 7.46. The molecule has 2 aliphatic rings. The van der Waals surface area contributed by atoms with E-state index >= 15 is 0 Å². The first-order chi connectivity index (χ1) is 8.48.